The molecule has 1 saturated carbocycles. The summed E-state index contributed by atoms with van der Waals surface area (Å²) in [6, 6.07) is 5.49. The van der Waals surface area contributed by atoms with Crippen LogP contribution in [0.5, 0.6) is 0 Å². The summed E-state index contributed by atoms with van der Waals surface area (Å²) < 4.78 is 22.7. The van der Waals surface area contributed by atoms with Crippen LogP contribution in [0.1, 0.15) is 19.3 Å². The van der Waals surface area contributed by atoms with Crippen molar-refractivity contribution >= 4 is 27.4 Å². The number of aliphatic carboxylic acids is 1. The van der Waals surface area contributed by atoms with E-state index in [2.05, 4.69) is 0 Å². The van der Waals surface area contributed by atoms with Gasteiger partial charge in [0.15, 0.2) is 9.84 Å². The lowest BCUT2D eigenvalue weighted by Gasteiger charge is -2.41. The molecule has 0 unspecified atom stereocenters. The summed E-state index contributed by atoms with van der Waals surface area (Å²) in [6.07, 6.45) is 0.807. The number of sulfone groups is 1. The molecule has 0 heterocycles. The largest absolute Gasteiger partial charge is 0.548 e. The van der Waals surface area contributed by atoms with E-state index in [1.54, 1.807) is 0 Å². The summed E-state index contributed by atoms with van der Waals surface area (Å²) in [6.45, 7) is 0. The minimum atomic E-state index is -3.90. The minimum absolute atomic E-state index is 0.0224. The number of carboxylic acid groups (broad SMARTS) is 1. The molecule has 0 atom stereocenters. The first-order valence-corrected chi connectivity index (χ1v) is 6.98. The van der Waals surface area contributed by atoms with Gasteiger partial charge in [-0.1, -0.05) is 11.6 Å². The Morgan fingerprint density at radius 1 is 1.24 bits per heavy atom. The molecule has 1 fully saturated rings. The zero-order valence-corrected chi connectivity index (χ0v) is 10.4. The zero-order valence-electron chi connectivity index (χ0n) is 8.85. The van der Waals surface area contributed by atoms with Crippen LogP contribution in [0.25, 0.3) is 0 Å². The summed E-state index contributed by atoms with van der Waals surface area (Å²) in [7, 11) is -3.90. The van der Waals surface area contributed by atoms with Gasteiger partial charge in [-0.3, -0.25) is 0 Å². The standard InChI is InChI=1S/C11H11ClO4S/c12-8-2-4-9(5-3-8)17(15,16)11(10(13)14)6-1-7-11/h2-5H,1,6-7H2,(H,13,14)/p-1. The van der Waals surface area contributed by atoms with E-state index in [0.29, 0.717) is 11.4 Å². The molecule has 17 heavy (non-hydrogen) atoms. The van der Waals surface area contributed by atoms with Gasteiger partial charge in [0.25, 0.3) is 0 Å². The molecule has 0 N–H and O–H groups in total. The van der Waals surface area contributed by atoms with Gasteiger partial charge in [0.05, 0.1) is 10.9 Å². The Balaban J connectivity index is 2.49. The van der Waals surface area contributed by atoms with Gasteiger partial charge in [-0.15, -0.1) is 0 Å². The third-order valence-corrected chi connectivity index (χ3v) is 5.92. The fourth-order valence-corrected chi connectivity index (χ4v) is 4.04. The Hall–Kier alpha value is -1.07. The van der Waals surface area contributed by atoms with E-state index in [1.807, 2.05) is 0 Å². The van der Waals surface area contributed by atoms with Gasteiger partial charge in [0.1, 0.15) is 4.75 Å². The lowest BCUT2D eigenvalue weighted by atomic mass is 9.84. The normalized spacial score (nSPS) is 18.4. The van der Waals surface area contributed by atoms with Crippen molar-refractivity contribution in [2.75, 3.05) is 0 Å². The average molecular weight is 274 g/mol. The van der Waals surface area contributed by atoms with Crippen LogP contribution in [-0.2, 0) is 14.6 Å². The molecule has 1 aliphatic carbocycles. The number of carbonyl (C=O) groups is 1. The summed E-state index contributed by atoms with van der Waals surface area (Å²) in [5.41, 5.74) is 0. The Morgan fingerprint density at radius 3 is 2.12 bits per heavy atom. The van der Waals surface area contributed by atoms with Crippen LogP contribution >= 0.6 is 11.6 Å². The second kappa shape index (κ2) is 3.99. The van der Waals surface area contributed by atoms with Crippen LogP contribution in [0.4, 0.5) is 0 Å². The number of rotatable bonds is 3. The topological polar surface area (TPSA) is 74.3 Å². The van der Waals surface area contributed by atoms with Crippen molar-refractivity contribution in [3.05, 3.63) is 29.3 Å². The second-order valence-corrected chi connectivity index (χ2v) is 6.79. The molecule has 6 heteroatoms. The van der Waals surface area contributed by atoms with E-state index in [0.717, 1.165) is 0 Å². The van der Waals surface area contributed by atoms with Crippen molar-refractivity contribution in [3.8, 4) is 0 Å². The number of benzene rings is 1. The highest BCUT2D eigenvalue weighted by atomic mass is 35.5. The number of hydrogen-bond donors (Lipinski definition) is 0. The van der Waals surface area contributed by atoms with Crippen molar-refractivity contribution in [2.45, 2.75) is 28.9 Å². The van der Waals surface area contributed by atoms with Crippen LogP contribution in [0.2, 0.25) is 5.02 Å². The maximum atomic E-state index is 12.2. The Morgan fingerprint density at radius 2 is 1.76 bits per heavy atom. The highest BCUT2D eigenvalue weighted by molar-refractivity contribution is 7.93. The molecule has 1 aromatic carbocycles. The Labute approximate surface area is 104 Å². The van der Waals surface area contributed by atoms with Gasteiger partial charge in [-0.25, -0.2) is 8.42 Å². The predicted molar refractivity (Wildman–Crippen MR) is 60.2 cm³/mol. The molecule has 2 rings (SSSR count). The van der Waals surface area contributed by atoms with Gasteiger partial charge in [0, 0.05) is 5.02 Å². The van der Waals surface area contributed by atoms with Gasteiger partial charge in [-0.05, 0) is 43.5 Å². The molecule has 0 aliphatic heterocycles. The number of carboxylic acids is 1. The van der Waals surface area contributed by atoms with E-state index < -0.39 is 20.6 Å². The van der Waals surface area contributed by atoms with E-state index in [1.165, 1.54) is 24.3 Å². The van der Waals surface area contributed by atoms with E-state index in [4.69, 9.17) is 11.6 Å². The van der Waals surface area contributed by atoms with Crippen LogP contribution in [0.15, 0.2) is 29.2 Å². The van der Waals surface area contributed by atoms with E-state index >= 15 is 0 Å². The van der Waals surface area contributed by atoms with Crippen molar-refractivity contribution in [3.63, 3.8) is 0 Å². The second-order valence-electron chi connectivity index (χ2n) is 4.09. The lowest BCUT2D eigenvalue weighted by Crippen LogP contribution is -2.58. The van der Waals surface area contributed by atoms with Gasteiger partial charge >= 0.3 is 0 Å². The average Bonchev–Trinajstić information content (AvgIpc) is 2.14. The van der Waals surface area contributed by atoms with Crippen LogP contribution in [-0.4, -0.2) is 19.1 Å². The maximum absolute atomic E-state index is 12.2. The molecule has 1 aliphatic rings. The fourth-order valence-electron chi connectivity index (χ4n) is 1.92. The lowest BCUT2D eigenvalue weighted by molar-refractivity contribution is -0.311. The molecule has 0 saturated heterocycles. The smallest absolute Gasteiger partial charge is 0.189 e. The molecule has 0 radical (unpaired) electrons. The molecular weight excluding hydrogens is 264 g/mol. The third kappa shape index (κ3) is 1.73. The van der Waals surface area contributed by atoms with Gasteiger partial charge in [0.2, 0.25) is 0 Å². The molecule has 0 aromatic heterocycles. The summed E-state index contributed by atoms with van der Waals surface area (Å²) >= 11 is 5.66. The SMILES string of the molecule is O=C([O-])C1(S(=O)(=O)c2ccc(Cl)cc2)CCC1. The molecule has 0 amide bonds. The zero-order chi connectivity index (χ0) is 12.7. The van der Waals surface area contributed by atoms with Gasteiger partial charge in [-0.2, -0.15) is 0 Å². The van der Waals surface area contributed by atoms with Crippen molar-refractivity contribution in [2.24, 2.45) is 0 Å². The van der Waals surface area contributed by atoms with Crippen molar-refractivity contribution in [1.82, 2.24) is 0 Å². The van der Waals surface area contributed by atoms with Crippen LogP contribution in [0.3, 0.4) is 0 Å². The first kappa shape index (κ1) is 12.4. The fraction of sp³-hybridized carbons (Fsp3) is 0.364. The quantitative estimate of drug-likeness (QED) is 0.816. The molecule has 4 nitrogen and oxygen atoms in total. The summed E-state index contributed by atoms with van der Waals surface area (Å²) in [5, 5.41) is 11.5. The Bertz CT molecular complexity index is 543. The number of hydrogen-bond acceptors (Lipinski definition) is 4. The summed E-state index contributed by atoms with van der Waals surface area (Å²) in [5.74, 6) is -1.52. The number of halogens is 1. The van der Waals surface area contributed by atoms with Crippen LogP contribution in [0, 0.1) is 0 Å². The molecular formula is C11H10ClO4S-. The highest BCUT2D eigenvalue weighted by Gasteiger charge is 2.50. The monoisotopic (exact) mass is 273 g/mol. The Kier molecular flexibility index (Phi) is 2.91. The molecule has 0 bridgehead atoms. The molecule has 92 valence electrons. The minimum Gasteiger partial charge on any atom is -0.548 e. The first-order chi connectivity index (χ1) is 7.90. The number of carbonyl (C=O) groups excluding carboxylic acids is 1. The molecule has 0 spiro atoms. The van der Waals surface area contributed by atoms with E-state index in [-0.39, 0.29) is 17.7 Å². The first-order valence-electron chi connectivity index (χ1n) is 5.12. The van der Waals surface area contributed by atoms with Gasteiger partial charge < -0.3 is 9.90 Å². The van der Waals surface area contributed by atoms with Crippen molar-refractivity contribution in [1.29, 1.82) is 0 Å². The third-order valence-electron chi connectivity index (χ3n) is 3.17. The summed E-state index contributed by atoms with van der Waals surface area (Å²) in [4.78, 5) is 11.1. The van der Waals surface area contributed by atoms with Crippen molar-refractivity contribution < 1.29 is 18.3 Å². The maximum Gasteiger partial charge on any atom is 0.189 e. The van der Waals surface area contributed by atoms with Crippen LogP contribution < -0.4 is 5.11 Å². The highest BCUT2D eigenvalue weighted by Crippen LogP contribution is 2.42. The predicted octanol–water partition coefficient (Wildman–Crippen LogP) is 0.786. The van der Waals surface area contributed by atoms with E-state index in [9.17, 15) is 18.3 Å². The molecule has 1 aromatic rings.